The summed E-state index contributed by atoms with van der Waals surface area (Å²) in [6.07, 6.45) is -3.21. The number of aromatic nitrogens is 2. The fourth-order valence-corrected chi connectivity index (χ4v) is 1.84. The molecular weight excluding hydrogens is 313 g/mol. The van der Waals surface area contributed by atoms with E-state index in [-0.39, 0.29) is 11.8 Å². The maximum absolute atomic E-state index is 12.8. The number of nitrogens with zero attached hydrogens (tertiary/aromatic N) is 2. The molecular formula is C14H13F3N4O2. The standard InChI is InChI=1S/C14H13F3N4O2/c1-18-12-9(14(15,16)17)6-19-13(21-12)20-10-4-3-8(7-22)5-11(10)23-2/h3-7H,1-2H3,(H2,18,19,20,21). The number of carbonyl (C=O) groups is 1. The molecule has 0 atom stereocenters. The third kappa shape index (κ3) is 3.68. The zero-order valence-corrected chi connectivity index (χ0v) is 12.2. The Bertz CT molecular complexity index is 720. The Labute approximate surface area is 129 Å². The van der Waals surface area contributed by atoms with Crippen LogP contribution in [0.2, 0.25) is 0 Å². The van der Waals surface area contributed by atoms with Gasteiger partial charge in [-0.2, -0.15) is 18.2 Å². The summed E-state index contributed by atoms with van der Waals surface area (Å²) in [4.78, 5) is 18.2. The Morgan fingerprint density at radius 2 is 2.04 bits per heavy atom. The first kappa shape index (κ1) is 16.5. The molecule has 1 aromatic heterocycles. The van der Waals surface area contributed by atoms with E-state index in [4.69, 9.17) is 4.74 Å². The van der Waals surface area contributed by atoms with Crippen molar-refractivity contribution in [2.75, 3.05) is 24.8 Å². The molecule has 9 heteroatoms. The minimum atomic E-state index is -4.56. The molecule has 1 aromatic carbocycles. The predicted molar refractivity (Wildman–Crippen MR) is 78.2 cm³/mol. The van der Waals surface area contributed by atoms with Gasteiger partial charge in [0.2, 0.25) is 5.95 Å². The van der Waals surface area contributed by atoms with Gasteiger partial charge in [-0.3, -0.25) is 4.79 Å². The molecule has 0 amide bonds. The maximum Gasteiger partial charge on any atom is 0.421 e. The lowest BCUT2D eigenvalue weighted by atomic mass is 10.2. The van der Waals surface area contributed by atoms with E-state index in [2.05, 4.69) is 20.6 Å². The molecule has 2 N–H and O–H groups in total. The van der Waals surface area contributed by atoms with Crippen LogP contribution in [-0.2, 0) is 6.18 Å². The molecule has 0 aliphatic heterocycles. The van der Waals surface area contributed by atoms with Crippen LogP contribution in [-0.4, -0.2) is 30.4 Å². The average molecular weight is 326 g/mol. The fraction of sp³-hybridized carbons (Fsp3) is 0.214. The topological polar surface area (TPSA) is 76.1 Å². The first-order valence-electron chi connectivity index (χ1n) is 6.41. The van der Waals surface area contributed by atoms with Crippen molar-refractivity contribution in [3.05, 3.63) is 35.5 Å². The number of methoxy groups -OCH3 is 1. The van der Waals surface area contributed by atoms with Gasteiger partial charge in [-0.05, 0) is 18.2 Å². The molecule has 0 fully saturated rings. The smallest absolute Gasteiger partial charge is 0.421 e. The molecule has 2 rings (SSSR count). The highest BCUT2D eigenvalue weighted by Crippen LogP contribution is 2.34. The van der Waals surface area contributed by atoms with Crippen molar-refractivity contribution in [1.29, 1.82) is 0 Å². The van der Waals surface area contributed by atoms with Crippen molar-refractivity contribution in [2.45, 2.75) is 6.18 Å². The van der Waals surface area contributed by atoms with Crippen LogP contribution in [0.5, 0.6) is 5.75 Å². The van der Waals surface area contributed by atoms with Crippen LogP contribution in [0, 0.1) is 0 Å². The van der Waals surface area contributed by atoms with Gasteiger partial charge in [0.15, 0.2) is 0 Å². The molecule has 0 aliphatic carbocycles. The first-order valence-corrected chi connectivity index (χ1v) is 6.41. The average Bonchev–Trinajstić information content (AvgIpc) is 2.54. The molecule has 0 spiro atoms. The molecule has 0 saturated carbocycles. The van der Waals surface area contributed by atoms with Crippen LogP contribution in [0.1, 0.15) is 15.9 Å². The van der Waals surface area contributed by atoms with Gasteiger partial charge in [-0.15, -0.1) is 0 Å². The molecule has 1 heterocycles. The Morgan fingerprint density at radius 1 is 1.30 bits per heavy atom. The number of carbonyl (C=O) groups excluding carboxylic acids is 1. The summed E-state index contributed by atoms with van der Waals surface area (Å²) >= 11 is 0. The zero-order chi connectivity index (χ0) is 17.0. The Balaban J connectivity index is 2.36. The number of aldehydes is 1. The number of hydrogen-bond acceptors (Lipinski definition) is 6. The van der Waals surface area contributed by atoms with Crippen molar-refractivity contribution >= 4 is 23.7 Å². The normalized spacial score (nSPS) is 11.0. The van der Waals surface area contributed by atoms with E-state index in [1.807, 2.05) is 0 Å². The van der Waals surface area contributed by atoms with Gasteiger partial charge in [0, 0.05) is 18.8 Å². The predicted octanol–water partition coefficient (Wildman–Crippen LogP) is 3.10. The molecule has 0 radical (unpaired) electrons. The minimum absolute atomic E-state index is 0.0421. The van der Waals surface area contributed by atoms with Crippen LogP contribution >= 0.6 is 0 Å². The van der Waals surface area contributed by atoms with Crippen molar-refractivity contribution < 1.29 is 22.7 Å². The SMILES string of the molecule is CNc1nc(Nc2ccc(C=O)cc2OC)ncc1C(F)(F)F. The number of ether oxygens (including phenoxy) is 1. The molecule has 0 bridgehead atoms. The Hall–Kier alpha value is -2.84. The van der Waals surface area contributed by atoms with Crippen LogP contribution in [0.15, 0.2) is 24.4 Å². The number of rotatable bonds is 5. The highest BCUT2D eigenvalue weighted by atomic mass is 19.4. The van der Waals surface area contributed by atoms with E-state index < -0.39 is 11.7 Å². The second-order valence-electron chi connectivity index (χ2n) is 4.41. The quantitative estimate of drug-likeness (QED) is 0.822. The Morgan fingerprint density at radius 3 is 2.61 bits per heavy atom. The van der Waals surface area contributed by atoms with E-state index in [9.17, 15) is 18.0 Å². The van der Waals surface area contributed by atoms with Crippen LogP contribution in [0.4, 0.5) is 30.6 Å². The van der Waals surface area contributed by atoms with Crippen molar-refractivity contribution in [3.8, 4) is 5.75 Å². The molecule has 0 aliphatic rings. The summed E-state index contributed by atoms with van der Waals surface area (Å²) in [7, 11) is 2.74. The zero-order valence-electron chi connectivity index (χ0n) is 12.2. The number of nitrogens with one attached hydrogen (secondary N) is 2. The number of anilines is 3. The Kier molecular flexibility index (Phi) is 4.68. The lowest BCUT2D eigenvalue weighted by Crippen LogP contribution is -2.12. The minimum Gasteiger partial charge on any atom is -0.495 e. The molecule has 122 valence electrons. The van der Waals surface area contributed by atoms with Gasteiger partial charge in [0.1, 0.15) is 23.4 Å². The first-order chi connectivity index (χ1) is 10.9. The molecule has 0 saturated heterocycles. The van der Waals surface area contributed by atoms with Gasteiger partial charge >= 0.3 is 6.18 Å². The van der Waals surface area contributed by atoms with Crippen molar-refractivity contribution in [3.63, 3.8) is 0 Å². The summed E-state index contributed by atoms with van der Waals surface area (Å²) in [6, 6.07) is 4.56. The summed E-state index contributed by atoms with van der Waals surface area (Å²) in [5.74, 6) is -0.0536. The van der Waals surface area contributed by atoms with Gasteiger partial charge in [0.25, 0.3) is 0 Å². The van der Waals surface area contributed by atoms with Crippen LogP contribution < -0.4 is 15.4 Å². The summed E-state index contributed by atoms with van der Waals surface area (Å²) in [5, 5.41) is 5.14. The summed E-state index contributed by atoms with van der Waals surface area (Å²) in [6.45, 7) is 0. The van der Waals surface area contributed by atoms with Gasteiger partial charge < -0.3 is 15.4 Å². The number of hydrogen-bond donors (Lipinski definition) is 2. The lowest BCUT2D eigenvalue weighted by Gasteiger charge is -2.14. The van der Waals surface area contributed by atoms with Crippen LogP contribution in [0.25, 0.3) is 0 Å². The summed E-state index contributed by atoms with van der Waals surface area (Å²) < 4.78 is 43.5. The second-order valence-corrected chi connectivity index (χ2v) is 4.41. The molecule has 2 aromatic rings. The second kappa shape index (κ2) is 6.51. The van der Waals surface area contributed by atoms with E-state index >= 15 is 0 Å². The fourth-order valence-electron chi connectivity index (χ4n) is 1.84. The largest absolute Gasteiger partial charge is 0.495 e. The molecule has 0 unspecified atom stereocenters. The number of alkyl halides is 3. The summed E-state index contributed by atoms with van der Waals surface area (Å²) in [5.41, 5.74) is -0.148. The van der Waals surface area contributed by atoms with E-state index in [0.29, 0.717) is 29.5 Å². The highest BCUT2D eigenvalue weighted by molar-refractivity contribution is 5.78. The van der Waals surface area contributed by atoms with Gasteiger partial charge in [-0.25, -0.2) is 4.98 Å². The third-order valence-electron chi connectivity index (χ3n) is 2.94. The monoisotopic (exact) mass is 326 g/mol. The number of halogens is 3. The van der Waals surface area contributed by atoms with Gasteiger partial charge in [0.05, 0.1) is 12.8 Å². The third-order valence-corrected chi connectivity index (χ3v) is 2.94. The molecule has 6 nitrogen and oxygen atoms in total. The van der Waals surface area contributed by atoms with E-state index in [1.54, 1.807) is 6.07 Å². The maximum atomic E-state index is 12.8. The lowest BCUT2D eigenvalue weighted by molar-refractivity contribution is -0.137. The van der Waals surface area contributed by atoms with Crippen LogP contribution in [0.3, 0.4) is 0 Å². The molecule has 23 heavy (non-hydrogen) atoms. The van der Waals surface area contributed by atoms with Crippen molar-refractivity contribution in [2.24, 2.45) is 0 Å². The number of benzene rings is 1. The highest BCUT2D eigenvalue weighted by Gasteiger charge is 2.35. The van der Waals surface area contributed by atoms with E-state index in [0.717, 1.165) is 0 Å². The van der Waals surface area contributed by atoms with E-state index in [1.165, 1.54) is 26.3 Å². The van der Waals surface area contributed by atoms with Gasteiger partial charge in [-0.1, -0.05) is 0 Å². The van der Waals surface area contributed by atoms with Crippen molar-refractivity contribution in [1.82, 2.24) is 9.97 Å².